The Morgan fingerprint density at radius 3 is 1.04 bits per heavy atom. The topological polar surface area (TPSA) is 66.6 Å². The van der Waals surface area contributed by atoms with E-state index in [2.05, 4.69) is 62.8 Å². The van der Waals surface area contributed by atoms with Gasteiger partial charge in [-0.3, -0.25) is 0 Å². The second-order valence-electron chi connectivity index (χ2n) is 9.93. The maximum Gasteiger partial charge on any atom is 0.0514 e. The molecule has 28 heavy (non-hydrogen) atoms. The van der Waals surface area contributed by atoms with Crippen molar-refractivity contribution in [2.24, 2.45) is 10.8 Å². The first kappa shape index (κ1) is 27.8. The molecule has 0 aliphatic heterocycles. The fourth-order valence-corrected chi connectivity index (χ4v) is 2.39. The summed E-state index contributed by atoms with van der Waals surface area (Å²) >= 11 is 0. The minimum absolute atomic E-state index is 0.266. The molecule has 0 spiro atoms. The smallest absolute Gasteiger partial charge is 0.0514 e. The quantitative estimate of drug-likeness (QED) is 0.249. The van der Waals surface area contributed by atoms with Gasteiger partial charge in [0, 0.05) is 52.5 Å². The maximum atomic E-state index is 5.66. The minimum atomic E-state index is 0.266. The molecule has 0 radical (unpaired) electrons. The Balaban J connectivity index is 3.07. The molecule has 0 bridgehead atoms. The first-order chi connectivity index (χ1) is 13.2. The fourth-order valence-electron chi connectivity index (χ4n) is 2.39. The van der Waals surface area contributed by atoms with Crippen LogP contribution in [0.1, 0.15) is 54.4 Å². The summed E-state index contributed by atoms with van der Waals surface area (Å²) in [5.74, 6) is 0. The van der Waals surface area contributed by atoms with Crippen LogP contribution in [0.5, 0.6) is 0 Å². The van der Waals surface area contributed by atoms with Gasteiger partial charge in [-0.25, -0.2) is 0 Å². The molecule has 0 heterocycles. The number of hydrogen-bond donors (Lipinski definition) is 4. The maximum absolute atomic E-state index is 5.66. The summed E-state index contributed by atoms with van der Waals surface area (Å²) in [6.45, 7) is 24.7. The standard InChI is InChI=1S/C22H50N4O2/c1-21(2,3)19-27-17-7-9-23-11-13-25-15-16-26-14-12-24-10-8-18-28-20-22(4,5)6/h23-26H,7-20H2,1-6H3. The molecule has 0 aromatic rings. The molecule has 0 fully saturated rings. The summed E-state index contributed by atoms with van der Waals surface area (Å²) in [6.07, 6.45) is 2.15. The van der Waals surface area contributed by atoms with Gasteiger partial charge in [0.15, 0.2) is 0 Å². The molecule has 0 amide bonds. The largest absolute Gasteiger partial charge is 0.381 e. The lowest BCUT2D eigenvalue weighted by Crippen LogP contribution is -2.35. The molecule has 0 atom stereocenters. The Bertz CT molecular complexity index is 295. The van der Waals surface area contributed by atoms with E-state index in [-0.39, 0.29) is 10.8 Å². The molecular weight excluding hydrogens is 352 g/mol. The third kappa shape index (κ3) is 25.8. The van der Waals surface area contributed by atoms with Crippen molar-refractivity contribution in [1.29, 1.82) is 0 Å². The molecule has 0 aromatic carbocycles. The molecular formula is C22H50N4O2. The third-order valence-electron chi connectivity index (χ3n) is 3.79. The lowest BCUT2D eigenvalue weighted by Gasteiger charge is -2.18. The van der Waals surface area contributed by atoms with Crippen molar-refractivity contribution in [2.75, 3.05) is 78.8 Å². The summed E-state index contributed by atoms with van der Waals surface area (Å²) in [5.41, 5.74) is 0.532. The first-order valence-corrected chi connectivity index (χ1v) is 11.2. The molecule has 4 N–H and O–H groups in total. The van der Waals surface area contributed by atoms with Crippen LogP contribution >= 0.6 is 0 Å². The molecule has 0 aliphatic rings. The SMILES string of the molecule is CC(C)(C)COCCCNCCNCCNCCNCCCOCC(C)(C)C. The highest BCUT2D eigenvalue weighted by molar-refractivity contribution is 4.60. The second-order valence-corrected chi connectivity index (χ2v) is 9.93. The summed E-state index contributed by atoms with van der Waals surface area (Å²) < 4.78 is 11.3. The van der Waals surface area contributed by atoms with Gasteiger partial charge >= 0.3 is 0 Å². The van der Waals surface area contributed by atoms with Crippen LogP contribution < -0.4 is 21.3 Å². The molecule has 170 valence electrons. The molecule has 6 nitrogen and oxygen atoms in total. The van der Waals surface area contributed by atoms with E-state index in [1.54, 1.807) is 0 Å². The van der Waals surface area contributed by atoms with E-state index in [4.69, 9.17) is 9.47 Å². The minimum Gasteiger partial charge on any atom is -0.381 e. The van der Waals surface area contributed by atoms with Crippen molar-refractivity contribution in [1.82, 2.24) is 21.3 Å². The van der Waals surface area contributed by atoms with Crippen molar-refractivity contribution in [3.8, 4) is 0 Å². The zero-order valence-corrected chi connectivity index (χ0v) is 19.7. The van der Waals surface area contributed by atoms with Gasteiger partial charge in [0.05, 0.1) is 13.2 Å². The molecule has 0 unspecified atom stereocenters. The summed E-state index contributed by atoms with van der Waals surface area (Å²) in [4.78, 5) is 0. The van der Waals surface area contributed by atoms with Gasteiger partial charge in [0.25, 0.3) is 0 Å². The Morgan fingerprint density at radius 2 is 0.750 bits per heavy atom. The highest BCUT2D eigenvalue weighted by atomic mass is 16.5. The van der Waals surface area contributed by atoms with Crippen LogP contribution in [0.15, 0.2) is 0 Å². The van der Waals surface area contributed by atoms with Crippen LogP contribution in [0.4, 0.5) is 0 Å². The second kappa shape index (κ2) is 17.6. The van der Waals surface area contributed by atoms with Gasteiger partial charge in [0.1, 0.15) is 0 Å². The molecule has 0 rings (SSSR count). The normalized spacial score (nSPS) is 12.6. The molecule has 0 saturated heterocycles. The summed E-state index contributed by atoms with van der Waals surface area (Å²) in [6, 6.07) is 0. The lowest BCUT2D eigenvalue weighted by molar-refractivity contribution is 0.0698. The van der Waals surface area contributed by atoms with E-state index in [9.17, 15) is 0 Å². The number of rotatable bonds is 19. The number of ether oxygens (including phenoxy) is 2. The average Bonchev–Trinajstić information content (AvgIpc) is 2.58. The molecule has 0 aromatic heterocycles. The van der Waals surface area contributed by atoms with Crippen molar-refractivity contribution >= 4 is 0 Å². The van der Waals surface area contributed by atoms with E-state index >= 15 is 0 Å². The van der Waals surface area contributed by atoms with Gasteiger partial charge in [-0.1, -0.05) is 41.5 Å². The van der Waals surface area contributed by atoms with Crippen LogP contribution in [0.2, 0.25) is 0 Å². The zero-order chi connectivity index (χ0) is 21.1. The Hall–Kier alpha value is -0.240. The van der Waals surface area contributed by atoms with Crippen LogP contribution in [-0.2, 0) is 9.47 Å². The van der Waals surface area contributed by atoms with Crippen molar-refractivity contribution in [3.63, 3.8) is 0 Å². The molecule has 0 saturated carbocycles. The predicted octanol–water partition coefficient (Wildman–Crippen LogP) is 2.25. The van der Waals surface area contributed by atoms with E-state index in [0.29, 0.717) is 0 Å². The first-order valence-electron chi connectivity index (χ1n) is 11.2. The van der Waals surface area contributed by atoms with Crippen LogP contribution in [0.3, 0.4) is 0 Å². The van der Waals surface area contributed by atoms with Gasteiger partial charge in [-0.15, -0.1) is 0 Å². The average molecular weight is 403 g/mol. The highest BCUT2D eigenvalue weighted by Crippen LogP contribution is 2.13. The lowest BCUT2D eigenvalue weighted by atomic mass is 9.99. The van der Waals surface area contributed by atoms with Crippen molar-refractivity contribution < 1.29 is 9.47 Å². The predicted molar refractivity (Wildman–Crippen MR) is 121 cm³/mol. The number of hydrogen-bond acceptors (Lipinski definition) is 6. The monoisotopic (exact) mass is 402 g/mol. The Labute approximate surface area is 175 Å². The Kier molecular flexibility index (Phi) is 17.5. The van der Waals surface area contributed by atoms with E-state index in [1.807, 2.05) is 0 Å². The summed E-state index contributed by atoms with van der Waals surface area (Å²) in [5, 5.41) is 13.8. The Morgan fingerprint density at radius 1 is 0.464 bits per heavy atom. The molecule has 6 heteroatoms. The van der Waals surface area contributed by atoms with Crippen LogP contribution in [0.25, 0.3) is 0 Å². The summed E-state index contributed by atoms with van der Waals surface area (Å²) in [7, 11) is 0. The van der Waals surface area contributed by atoms with E-state index in [1.165, 1.54) is 0 Å². The van der Waals surface area contributed by atoms with Gasteiger partial charge in [-0.2, -0.15) is 0 Å². The van der Waals surface area contributed by atoms with Crippen molar-refractivity contribution in [3.05, 3.63) is 0 Å². The van der Waals surface area contributed by atoms with Crippen LogP contribution in [-0.4, -0.2) is 78.8 Å². The zero-order valence-electron chi connectivity index (χ0n) is 19.7. The highest BCUT2D eigenvalue weighted by Gasteiger charge is 2.09. The van der Waals surface area contributed by atoms with Crippen molar-refractivity contribution in [2.45, 2.75) is 54.4 Å². The van der Waals surface area contributed by atoms with Crippen LogP contribution in [0, 0.1) is 10.8 Å². The van der Waals surface area contributed by atoms with Gasteiger partial charge in [-0.05, 0) is 36.8 Å². The number of nitrogens with one attached hydrogen (secondary N) is 4. The third-order valence-corrected chi connectivity index (χ3v) is 3.79. The fraction of sp³-hybridized carbons (Fsp3) is 1.00. The van der Waals surface area contributed by atoms with Gasteiger partial charge in [0.2, 0.25) is 0 Å². The van der Waals surface area contributed by atoms with E-state index in [0.717, 1.165) is 91.6 Å². The molecule has 0 aliphatic carbocycles. The van der Waals surface area contributed by atoms with Gasteiger partial charge < -0.3 is 30.7 Å². The van der Waals surface area contributed by atoms with E-state index < -0.39 is 0 Å².